The maximum Gasteiger partial charge on any atom is 0.217 e. The summed E-state index contributed by atoms with van der Waals surface area (Å²) in [7, 11) is 0. The molecule has 0 fully saturated rings. The third-order valence-corrected chi connectivity index (χ3v) is 1.86. The second-order valence-electron chi connectivity index (χ2n) is 3.57. The van der Waals surface area contributed by atoms with Gasteiger partial charge in [-0.2, -0.15) is 0 Å². The van der Waals surface area contributed by atoms with Crippen LogP contribution < -0.4 is 11.5 Å². The molecule has 4 nitrogen and oxygen atoms in total. The number of allylic oxidation sites excluding steroid dienone is 1. The van der Waals surface area contributed by atoms with E-state index in [1.807, 2.05) is 6.08 Å². The van der Waals surface area contributed by atoms with Crippen LogP contribution in [0.2, 0.25) is 0 Å². The van der Waals surface area contributed by atoms with E-state index in [0.29, 0.717) is 25.7 Å². The second kappa shape index (κ2) is 13.7. The Morgan fingerprint density at radius 3 is 1.69 bits per heavy atom. The average Bonchev–Trinajstić information content (AvgIpc) is 2.22. The molecule has 0 atom stereocenters. The monoisotopic (exact) mass is 228 g/mol. The molecule has 0 aliphatic heterocycles. The van der Waals surface area contributed by atoms with E-state index in [2.05, 4.69) is 13.5 Å². The van der Waals surface area contributed by atoms with E-state index in [1.165, 1.54) is 19.3 Å². The third kappa shape index (κ3) is 23.0. The highest BCUT2D eigenvalue weighted by Crippen LogP contribution is 1.97. The van der Waals surface area contributed by atoms with Crippen molar-refractivity contribution in [3.05, 3.63) is 12.7 Å². The molecule has 4 heteroatoms. The molecule has 0 saturated heterocycles. The van der Waals surface area contributed by atoms with Gasteiger partial charge in [0.25, 0.3) is 0 Å². The standard InChI is InChI=1S/C6H12N2O2.C6H12/c7-5(9)3-1-2-4-6(8)10;1-3-5-6-4-2/h1-4H2,(H2,7,9)(H2,8,10);3H,1,4-6H2,2H3. The topological polar surface area (TPSA) is 86.2 Å². The Kier molecular flexibility index (Phi) is 14.6. The van der Waals surface area contributed by atoms with E-state index in [0.717, 1.165) is 0 Å². The summed E-state index contributed by atoms with van der Waals surface area (Å²) in [6, 6.07) is 0. The van der Waals surface area contributed by atoms with Crippen molar-refractivity contribution in [2.75, 3.05) is 0 Å². The molecule has 16 heavy (non-hydrogen) atoms. The number of carbonyl (C=O) groups is 2. The van der Waals surface area contributed by atoms with Crippen LogP contribution in [0.1, 0.15) is 51.9 Å². The quantitative estimate of drug-likeness (QED) is 0.491. The summed E-state index contributed by atoms with van der Waals surface area (Å²) in [5.74, 6) is -0.658. The van der Waals surface area contributed by atoms with Crippen molar-refractivity contribution >= 4 is 11.8 Å². The Morgan fingerprint density at radius 1 is 1.06 bits per heavy atom. The van der Waals surface area contributed by atoms with Gasteiger partial charge in [0.1, 0.15) is 0 Å². The minimum absolute atomic E-state index is 0.329. The molecular formula is C12H24N2O2. The molecule has 0 aromatic rings. The van der Waals surface area contributed by atoms with E-state index in [1.54, 1.807) is 0 Å². The van der Waals surface area contributed by atoms with Gasteiger partial charge in [-0.05, 0) is 19.3 Å². The fraction of sp³-hybridized carbons (Fsp3) is 0.667. The lowest BCUT2D eigenvalue weighted by Gasteiger charge is -1.93. The molecule has 0 aromatic heterocycles. The Morgan fingerprint density at radius 2 is 1.50 bits per heavy atom. The molecular weight excluding hydrogens is 204 g/mol. The minimum Gasteiger partial charge on any atom is -0.370 e. The zero-order chi connectivity index (χ0) is 12.8. The first-order valence-corrected chi connectivity index (χ1v) is 5.72. The van der Waals surface area contributed by atoms with Crippen molar-refractivity contribution < 1.29 is 9.59 Å². The molecule has 0 aliphatic rings. The summed E-state index contributed by atoms with van der Waals surface area (Å²) >= 11 is 0. The van der Waals surface area contributed by atoms with Gasteiger partial charge >= 0.3 is 0 Å². The van der Waals surface area contributed by atoms with Crippen LogP contribution in [0.5, 0.6) is 0 Å². The molecule has 0 bridgehead atoms. The molecule has 94 valence electrons. The molecule has 4 N–H and O–H groups in total. The average molecular weight is 228 g/mol. The zero-order valence-electron chi connectivity index (χ0n) is 10.2. The number of hydrogen-bond acceptors (Lipinski definition) is 2. The highest BCUT2D eigenvalue weighted by molar-refractivity contribution is 5.74. The molecule has 0 heterocycles. The molecule has 0 spiro atoms. The molecule has 0 saturated carbocycles. The first-order valence-electron chi connectivity index (χ1n) is 5.72. The van der Waals surface area contributed by atoms with Crippen molar-refractivity contribution in [1.82, 2.24) is 0 Å². The summed E-state index contributed by atoms with van der Waals surface area (Å²) in [6.45, 7) is 5.78. The van der Waals surface area contributed by atoms with E-state index in [9.17, 15) is 9.59 Å². The van der Waals surface area contributed by atoms with Gasteiger partial charge in [-0.15, -0.1) is 6.58 Å². The van der Waals surface area contributed by atoms with E-state index < -0.39 is 0 Å². The number of amides is 2. The van der Waals surface area contributed by atoms with Gasteiger partial charge in [-0.25, -0.2) is 0 Å². The van der Waals surface area contributed by atoms with Gasteiger partial charge in [-0.1, -0.05) is 25.8 Å². The predicted octanol–water partition coefficient (Wildman–Crippen LogP) is 1.88. The largest absolute Gasteiger partial charge is 0.370 e. The van der Waals surface area contributed by atoms with Crippen LogP contribution in [0, 0.1) is 0 Å². The van der Waals surface area contributed by atoms with Gasteiger partial charge in [0, 0.05) is 12.8 Å². The van der Waals surface area contributed by atoms with Crippen LogP contribution in [-0.2, 0) is 9.59 Å². The summed E-state index contributed by atoms with van der Waals surface area (Å²) in [5.41, 5.74) is 9.71. The highest BCUT2D eigenvalue weighted by atomic mass is 16.1. The van der Waals surface area contributed by atoms with E-state index in [-0.39, 0.29) is 11.8 Å². The van der Waals surface area contributed by atoms with E-state index in [4.69, 9.17) is 11.5 Å². The molecule has 0 unspecified atom stereocenters. The van der Waals surface area contributed by atoms with Crippen LogP contribution in [0.3, 0.4) is 0 Å². The fourth-order valence-corrected chi connectivity index (χ4v) is 0.947. The van der Waals surface area contributed by atoms with Gasteiger partial charge in [0.2, 0.25) is 11.8 Å². The summed E-state index contributed by atoms with van der Waals surface area (Å²) in [6.07, 6.45) is 7.70. The Bertz CT molecular complexity index is 187. The lowest BCUT2D eigenvalue weighted by Crippen LogP contribution is -2.12. The summed E-state index contributed by atoms with van der Waals surface area (Å²) in [5, 5.41) is 0. The first kappa shape index (κ1) is 17.1. The SMILES string of the molecule is C=CCCCC.NC(=O)CCCCC(N)=O. The van der Waals surface area contributed by atoms with Gasteiger partial charge in [-0.3, -0.25) is 9.59 Å². The zero-order valence-corrected chi connectivity index (χ0v) is 10.2. The second-order valence-corrected chi connectivity index (χ2v) is 3.57. The maximum atomic E-state index is 10.2. The predicted molar refractivity (Wildman–Crippen MR) is 66.6 cm³/mol. The maximum absolute atomic E-state index is 10.2. The Balaban J connectivity index is 0. The fourth-order valence-electron chi connectivity index (χ4n) is 0.947. The minimum atomic E-state index is -0.329. The Hall–Kier alpha value is -1.32. The van der Waals surface area contributed by atoms with Crippen molar-refractivity contribution in [2.45, 2.75) is 51.9 Å². The Labute approximate surface area is 98.1 Å². The number of nitrogens with two attached hydrogens (primary N) is 2. The molecule has 2 amide bonds. The van der Waals surface area contributed by atoms with Crippen molar-refractivity contribution in [3.8, 4) is 0 Å². The molecule has 0 aromatic carbocycles. The normalized spacial score (nSPS) is 8.81. The van der Waals surface area contributed by atoms with Gasteiger partial charge < -0.3 is 11.5 Å². The van der Waals surface area contributed by atoms with Crippen molar-refractivity contribution in [1.29, 1.82) is 0 Å². The third-order valence-electron chi connectivity index (χ3n) is 1.86. The number of primary amides is 2. The summed E-state index contributed by atoms with van der Waals surface area (Å²) < 4.78 is 0. The van der Waals surface area contributed by atoms with Gasteiger partial charge in [0.05, 0.1) is 0 Å². The van der Waals surface area contributed by atoms with Crippen LogP contribution in [0.4, 0.5) is 0 Å². The lowest BCUT2D eigenvalue weighted by molar-refractivity contribution is -0.119. The van der Waals surface area contributed by atoms with Crippen LogP contribution in [-0.4, -0.2) is 11.8 Å². The van der Waals surface area contributed by atoms with Crippen LogP contribution in [0.15, 0.2) is 12.7 Å². The number of rotatable bonds is 8. The van der Waals surface area contributed by atoms with Crippen LogP contribution >= 0.6 is 0 Å². The number of carbonyl (C=O) groups excluding carboxylic acids is 2. The van der Waals surface area contributed by atoms with Crippen molar-refractivity contribution in [3.63, 3.8) is 0 Å². The first-order chi connectivity index (χ1) is 7.54. The number of unbranched alkanes of at least 4 members (excludes halogenated alkanes) is 3. The van der Waals surface area contributed by atoms with Crippen LogP contribution in [0.25, 0.3) is 0 Å². The molecule has 0 rings (SSSR count). The molecule has 0 aliphatic carbocycles. The summed E-state index contributed by atoms with van der Waals surface area (Å²) in [4.78, 5) is 20.3. The van der Waals surface area contributed by atoms with Gasteiger partial charge in [0.15, 0.2) is 0 Å². The molecule has 0 radical (unpaired) electrons. The number of hydrogen-bond donors (Lipinski definition) is 2. The van der Waals surface area contributed by atoms with Crippen molar-refractivity contribution in [2.24, 2.45) is 11.5 Å². The highest BCUT2D eigenvalue weighted by Gasteiger charge is 1.96. The smallest absolute Gasteiger partial charge is 0.217 e. The lowest BCUT2D eigenvalue weighted by atomic mass is 10.2. The van der Waals surface area contributed by atoms with E-state index >= 15 is 0 Å².